The number of aromatic nitrogens is 2. The highest BCUT2D eigenvalue weighted by atomic mass is 35.5. The standard InChI is InChI=1S/C15H21ClN4S/c1-3-11-8-12-13(18-15(16)19-14(12)21-11)17-9-10-4-6-20(2)7-5-10/h8,10H,3-7,9H2,1-2H3,(H,17,18,19). The van der Waals surface area contributed by atoms with Crippen molar-refractivity contribution in [3.63, 3.8) is 0 Å². The van der Waals surface area contributed by atoms with Gasteiger partial charge in [0.05, 0.1) is 5.39 Å². The van der Waals surface area contributed by atoms with E-state index in [9.17, 15) is 0 Å². The van der Waals surface area contributed by atoms with E-state index in [1.54, 1.807) is 11.3 Å². The molecule has 0 saturated carbocycles. The minimum Gasteiger partial charge on any atom is -0.369 e. The molecule has 0 amide bonds. The molecule has 0 radical (unpaired) electrons. The molecular weight excluding hydrogens is 304 g/mol. The Morgan fingerprint density at radius 2 is 2.14 bits per heavy atom. The van der Waals surface area contributed by atoms with E-state index in [2.05, 4.69) is 40.2 Å². The summed E-state index contributed by atoms with van der Waals surface area (Å²) in [7, 11) is 2.19. The molecule has 0 spiro atoms. The smallest absolute Gasteiger partial charge is 0.225 e. The molecular formula is C15H21ClN4S. The molecule has 0 aromatic carbocycles. The van der Waals surface area contributed by atoms with Gasteiger partial charge in [-0.1, -0.05) is 6.92 Å². The molecule has 0 unspecified atom stereocenters. The number of anilines is 1. The van der Waals surface area contributed by atoms with Crippen LogP contribution in [-0.2, 0) is 6.42 Å². The highest BCUT2D eigenvalue weighted by Gasteiger charge is 2.17. The van der Waals surface area contributed by atoms with E-state index in [4.69, 9.17) is 11.6 Å². The third-order valence-corrected chi connectivity index (χ3v) is 5.50. The van der Waals surface area contributed by atoms with Crippen LogP contribution in [0.1, 0.15) is 24.6 Å². The van der Waals surface area contributed by atoms with Crippen molar-refractivity contribution in [3.8, 4) is 0 Å². The zero-order chi connectivity index (χ0) is 14.8. The molecule has 21 heavy (non-hydrogen) atoms. The first-order chi connectivity index (χ1) is 10.2. The highest BCUT2D eigenvalue weighted by Crippen LogP contribution is 2.30. The molecule has 1 aliphatic heterocycles. The summed E-state index contributed by atoms with van der Waals surface area (Å²) in [5.74, 6) is 1.61. The fourth-order valence-electron chi connectivity index (χ4n) is 2.76. The summed E-state index contributed by atoms with van der Waals surface area (Å²) in [6, 6.07) is 2.19. The molecule has 0 bridgehead atoms. The molecule has 114 valence electrons. The van der Waals surface area contributed by atoms with E-state index >= 15 is 0 Å². The number of aryl methyl sites for hydroxylation is 1. The van der Waals surface area contributed by atoms with Gasteiger partial charge in [0.2, 0.25) is 5.28 Å². The van der Waals surface area contributed by atoms with Crippen LogP contribution in [0.2, 0.25) is 5.28 Å². The van der Waals surface area contributed by atoms with Gasteiger partial charge in [-0.05, 0) is 63.0 Å². The molecule has 1 saturated heterocycles. The number of likely N-dealkylation sites (tertiary alicyclic amines) is 1. The number of piperidine rings is 1. The lowest BCUT2D eigenvalue weighted by molar-refractivity contribution is 0.226. The molecule has 2 aromatic heterocycles. The molecule has 1 N–H and O–H groups in total. The van der Waals surface area contributed by atoms with Gasteiger partial charge in [-0.3, -0.25) is 0 Å². The number of hydrogen-bond acceptors (Lipinski definition) is 5. The normalized spacial score (nSPS) is 17.5. The van der Waals surface area contributed by atoms with Crippen LogP contribution in [0, 0.1) is 5.92 Å². The molecule has 4 nitrogen and oxygen atoms in total. The van der Waals surface area contributed by atoms with E-state index in [0.29, 0.717) is 11.2 Å². The van der Waals surface area contributed by atoms with Crippen LogP contribution in [0.15, 0.2) is 6.07 Å². The monoisotopic (exact) mass is 324 g/mol. The third-order valence-electron chi connectivity index (χ3n) is 4.16. The Morgan fingerprint density at radius 3 is 2.86 bits per heavy atom. The lowest BCUT2D eigenvalue weighted by Gasteiger charge is -2.29. The molecule has 2 aromatic rings. The SMILES string of the molecule is CCc1cc2c(NCC3CCN(C)CC3)nc(Cl)nc2s1. The van der Waals surface area contributed by atoms with E-state index in [0.717, 1.165) is 29.0 Å². The summed E-state index contributed by atoms with van der Waals surface area (Å²) >= 11 is 7.76. The maximum Gasteiger partial charge on any atom is 0.225 e. The number of nitrogens with one attached hydrogen (secondary N) is 1. The average molecular weight is 325 g/mol. The van der Waals surface area contributed by atoms with Gasteiger partial charge in [0, 0.05) is 11.4 Å². The van der Waals surface area contributed by atoms with Gasteiger partial charge in [0.15, 0.2) is 0 Å². The minimum absolute atomic E-state index is 0.331. The maximum atomic E-state index is 6.05. The van der Waals surface area contributed by atoms with E-state index in [1.807, 2.05) is 0 Å². The summed E-state index contributed by atoms with van der Waals surface area (Å²) in [5.41, 5.74) is 0. The Balaban J connectivity index is 1.75. The van der Waals surface area contributed by atoms with E-state index in [-0.39, 0.29) is 0 Å². The van der Waals surface area contributed by atoms with Gasteiger partial charge in [-0.15, -0.1) is 11.3 Å². The van der Waals surface area contributed by atoms with Gasteiger partial charge in [-0.2, -0.15) is 0 Å². The summed E-state index contributed by atoms with van der Waals surface area (Å²) in [6.45, 7) is 5.49. The maximum absolute atomic E-state index is 6.05. The van der Waals surface area contributed by atoms with Gasteiger partial charge >= 0.3 is 0 Å². The second kappa shape index (κ2) is 6.46. The van der Waals surface area contributed by atoms with Crippen molar-refractivity contribution >= 4 is 39.0 Å². The third kappa shape index (κ3) is 3.47. The Labute approximate surface area is 134 Å². The number of rotatable bonds is 4. The van der Waals surface area contributed by atoms with Crippen LogP contribution < -0.4 is 5.32 Å². The summed E-state index contributed by atoms with van der Waals surface area (Å²) in [4.78, 5) is 13.4. The zero-order valence-corrected chi connectivity index (χ0v) is 14.1. The first kappa shape index (κ1) is 15.0. The fourth-order valence-corrected chi connectivity index (χ4v) is 3.95. The Morgan fingerprint density at radius 1 is 1.38 bits per heavy atom. The molecule has 1 fully saturated rings. The largest absolute Gasteiger partial charge is 0.369 e. The summed E-state index contributed by atoms with van der Waals surface area (Å²) in [5, 5.41) is 4.94. The van der Waals surface area contributed by atoms with Crippen LogP contribution >= 0.6 is 22.9 Å². The molecule has 3 rings (SSSR count). The molecule has 0 atom stereocenters. The first-order valence-electron chi connectivity index (χ1n) is 7.54. The Kier molecular flexibility index (Phi) is 4.62. The minimum atomic E-state index is 0.331. The number of thiophene rings is 1. The van der Waals surface area contributed by atoms with Crippen molar-refractivity contribution in [3.05, 3.63) is 16.2 Å². The van der Waals surface area contributed by atoms with Gasteiger partial charge in [0.1, 0.15) is 10.6 Å². The van der Waals surface area contributed by atoms with Crippen molar-refractivity contribution in [1.82, 2.24) is 14.9 Å². The number of fused-ring (bicyclic) bond motifs is 1. The topological polar surface area (TPSA) is 41.0 Å². The van der Waals surface area contributed by atoms with Crippen LogP contribution in [0.5, 0.6) is 0 Å². The van der Waals surface area contributed by atoms with Crippen molar-refractivity contribution in [2.24, 2.45) is 5.92 Å². The second-order valence-electron chi connectivity index (χ2n) is 5.75. The van der Waals surface area contributed by atoms with Crippen molar-refractivity contribution < 1.29 is 0 Å². The number of halogens is 1. The quantitative estimate of drug-likeness (QED) is 0.871. The predicted octanol–water partition coefficient (Wildman–Crippen LogP) is 3.66. The van der Waals surface area contributed by atoms with Gasteiger partial charge in [-0.25, -0.2) is 9.97 Å². The van der Waals surface area contributed by atoms with Gasteiger partial charge < -0.3 is 10.2 Å². The molecule has 1 aliphatic rings. The Bertz CT molecular complexity index is 619. The highest BCUT2D eigenvalue weighted by molar-refractivity contribution is 7.18. The lowest BCUT2D eigenvalue weighted by atomic mass is 9.97. The van der Waals surface area contributed by atoms with E-state index in [1.165, 1.54) is 30.8 Å². The van der Waals surface area contributed by atoms with Crippen LogP contribution in [0.3, 0.4) is 0 Å². The average Bonchev–Trinajstić information content (AvgIpc) is 2.89. The van der Waals surface area contributed by atoms with Crippen molar-refractivity contribution in [1.29, 1.82) is 0 Å². The fraction of sp³-hybridized carbons (Fsp3) is 0.600. The molecule has 3 heterocycles. The van der Waals surface area contributed by atoms with Crippen molar-refractivity contribution in [2.75, 3.05) is 32.0 Å². The number of hydrogen-bond donors (Lipinski definition) is 1. The van der Waals surface area contributed by atoms with E-state index < -0.39 is 0 Å². The van der Waals surface area contributed by atoms with Crippen LogP contribution in [-0.4, -0.2) is 41.5 Å². The van der Waals surface area contributed by atoms with Crippen molar-refractivity contribution in [2.45, 2.75) is 26.2 Å². The molecule has 6 heteroatoms. The second-order valence-corrected chi connectivity index (χ2v) is 7.21. The lowest BCUT2D eigenvalue weighted by Crippen LogP contribution is -2.33. The molecule has 0 aliphatic carbocycles. The van der Waals surface area contributed by atoms with Crippen LogP contribution in [0.25, 0.3) is 10.2 Å². The zero-order valence-electron chi connectivity index (χ0n) is 12.5. The Hall–Kier alpha value is -0.910. The predicted molar refractivity (Wildman–Crippen MR) is 90.5 cm³/mol. The van der Waals surface area contributed by atoms with Gasteiger partial charge in [0.25, 0.3) is 0 Å². The first-order valence-corrected chi connectivity index (χ1v) is 8.73. The van der Waals surface area contributed by atoms with Crippen LogP contribution in [0.4, 0.5) is 5.82 Å². The summed E-state index contributed by atoms with van der Waals surface area (Å²) < 4.78 is 0. The number of nitrogens with zero attached hydrogens (tertiary/aromatic N) is 3. The summed E-state index contributed by atoms with van der Waals surface area (Å²) in [6.07, 6.45) is 3.51.